The lowest BCUT2D eigenvalue weighted by Gasteiger charge is -2.27. The van der Waals surface area contributed by atoms with Gasteiger partial charge in [0.05, 0.1) is 5.69 Å². The molecular formula is C32H31N5O4. The predicted molar refractivity (Wildman–Crippen MR) is 155 cm³/mol. The van der Waals surface area contributed by atoms with Crippen molar-refractivity contribution in [2.24, 2.45) is 0 Å². The highest BCUT2D eigenvalue weighted by molar-refractivity contribution is 5.96. The lowest BCUT2D eigenvalue weighted by molar-refractivity contribution is -0.131. The zero-order valence-electron chi connectivity index (χ0n) is 22.7. The molecule has 0 aliphatic carbocycles. The minimum absolute atomic E-state index is 0.0201. The molecule has 3 heterocycles. The molecule has 1 fully saturated rings. The maximum Gasteiger partial charge on any atom is 0.254 e. The topological polar surface area (TPSA) is 88.1 Å². The number of hydrogen-bond acceptors (Lipinski definition) is 7. The van der Waals surface area contributed by atoms with Crippen molar-refractivity contribution in [2.75, 3.05) is 44.4 Å². The lowest BCUT2D eigenvalue weighted by Crippen LogP contribution is -2.44. The van der Waals surface area contributed by atoms with Crippen molar-refractivity contribution in [3.63, 3.8) is 0 Å². The maximum atomic E-state index is 13.6. The summed E-state index contributed by atoms with van der Waals surface area (Å²) in [6.45, 7) is 3.00. The van der Waals surface area contributed by atoms with E-state index in [-0.39, 0.29) is 31.7 Å². The summed E-state index contributed by atoms with van der Waals surface area (Å²) >= 11 is 0. The minimum Gasteiger partial charge on any atom is -0.454 e. The van der Waals surface area contributed by atoms with Crippen molar-refractivity contribution in [2.45, 2.75) is 13.0 Å². The first kappa shape index (κ1) is 26.3. The molecule has 0 atom stereocenters. The van der Waals surface area contributed by atoms with Crippen molar-refractivity contribution in [3.8, 4) is 22.8 Å². The van der Waals surface area contributed by atoms with Gasteiger partial charge in [-0.25, -0.2) is 0 Å². The Balaban J connectivity index is 1.13. The Morgan fingerprint density at radius 3 is 2.34 bits per heavy atom. The molecule has 1 saturated heterocycles. The molecule has 2 amide bonds. The molecule has 0 unspecified atom stereocenters. The van der Waals surface area contributed by atoms with E-state index in [0.717, 1.165) is 35.6 Å². The monoisotopic (exact) mass is 549 g/mol. The molecule has 9 nitrogen and oxygen atoms in total. The van der Waals surface area contributed by atoms with Crippen LogP contribution < -0.4 is 14.4 Å². The molecule has 2 aliphatic rings. The molecule has 4 aromatic rings. The second kappa shape index (κ2) is 12.1. The second-order valence-corrected chi connectivity index (χ2v) is 10.1. The van der Waals surface area contributed by atoms with Crippen molar-refractivity contribution in [3.05, 3.63) is 102 Å². The van der Waals surface area contributed by atoms with Gasteiger partial charge in [0.1, 0.15) is 6.54 Å². The second-order valence-electron chi connectivity index (χ2n) is 10.1. The Morgan fingerprint density at radius 1 is 0.780 bits per heavy atom. The number of hydrogen-bond donors (Lipinski definition) is 0. The Kier molecular flexibility index (Phi) is 7.75. The van der Waals surface area contributed by atoms with Gasteiger partial charge in [0.2, 0.25) is 12.7 Å². The number of carbonyl (C=O) groups is 2. The number of anilines is 1. The van der Waals surface area contributed by atoms with Crippen LogP contribution in [-0.4, -0.2) is 71.3 Å². The first-order valence-corrected chi connectivity index (χ1v) is 13.8. The van der Waals surface area contributed by atoms with Crippen LogP contribution in [0.3, 0.4) is 0 Å². The van der Waals surface area contributed by atoms with Gasteiger partial charge < -0.3 is 24.2 Å². The number of amides is 2. The largest absolute Gasteiger partial charge is 0.454 e. The van der Waals surface area contributed by atoms with Gasteiger partial charge in [-0.15, -0.1) is 10.2 Å². The first-order chi connectivity index (χ1) is 20.1. The van der Waals surface area contributed by atoms with Crippen LogP contribution in [0.2, 0.25) is 0 Å². The van der Waals surface area contributed by atoms with Crippen molar-refractivity contribution in [1.82, 2.24) is 20.0 Å². The highest BCUT2D eigenvalue weighted by Gasteiger charge is 2.25. The predicted octanol–water partition coefficient (Wildman–Crippen LogP) is 4.25. The number of rotatable bonds is 7. The molecule has 41 heavy (non-hydrogen) atoms. The van der Waals surface area contributed by atoms with Gasteiger partial charge in [-0.3, -0.25) is 9.59 Å². The van der Waals surface area contributed by atoms with Crippen LogP contribution in [0, 0.1) is 0 Å². The van der Waals surface area contributed by atoms with Crippen molar-refractivity contribution in [1.29, 1.82) is 0 Å². The molecule has 208 valence electrons. The molecule has 0 N–H and O–H groups in total. The molecule has 0 spiro atoms. The fourth-order valence-electron chi connectivity index (χ4n) is 5.14. The minimum atomic E-state index is -0.193. The van der Waals surface area contributed by atoms with Gasteiger partial charge in [-0.2, -0.15) is 0 Å². The van der Waals surface area contributed by atoms with E-state index in [1.54, 1.807) is 17.0 Å². The van der Waals surface area contributed by atoms with Crippen LogP contribution >= 0.6 is 0 Å². The molecule has 3 aromatic carbocycles. The van der Waals surface area contributed by atoms with Gasteiger partial charge in [-0.05, 0) is 48.4 Å². The summed E-state index contributed by atoms with van der Waals surface area (Å²) in [5.41, 5.74) is 3.26. The standard InChI is InChI=1S/C32H31N5O4/c38-31(36-17-7-16-35(18-19-36)30-15-13-27(33-34-30)25-8-3-1-4-9-25)22-37(32(39)26-10-5-2-6-11-26)21-24-12-14-28-29(20-24)41-23-40-28/h1-6,8-15,20H,7,16-19,21-23H2. The van der Waals surface area contributed by atoms with Gasteiger partial charge in [0.25, 0.3) is 5.91 Å². The molecule has 0 bridgehead atoms. The summed E-state index contributed by atoms with van der Waals surface area (Å²) in [5.74, 6) is 1.85. The van der Waals surface area contributed by atoms with E-state index in [9.17, 15) is 9.59 Å². The number of nitrogens with zero attached hydrogens (tertiary/aromatic N) is 5. The molecule has 0 radical (unpaired) electrons. The summed E-state index contributed by atoms with van der Waals surface area (Å²) in [6.07, 6.45) is 0.794. The number of benzene rings is 3. The normalized spacial score (nSPS) is 14.4. The number of aromatic nitrogens is 2. The third kappa shape index (κ3) is 6.14. The fraction of sp³-hybridized carbons (Fsp3) is 0.250. The Bertz CT molecular complexity index is 1500. The summed E-state index contributed by atoms with van der Waals surface area (Å²) in [5, 5.41) is 8.89. The van der Waals surface area contributed by atoms with Gasteiger partial charge >= 0.3 is 0 Å². The highest BCUT2D eigenvalue weighted by Crippen LogP contribution is 2.33. The van der Waals surface area contributed by atoms with Crippen molar-refractivity contribution < 1.29 is 19.1 Å². The van der Waals surface area contributed by atoms with Crippen LogP contribution in [0.1, 0.15) is 22.3 Å². The number of ether oxygens (including phenoxy) is 2. The SMILES string of the molecule is O=C(CN(Cc1ccc2c(c1)OCO2)C(=O)c1ccccc1)N1CCCN(c2ccc(-c3ccccc3)nn2)CC1. The zero-order chi connectivity index (χ0) is 28.0. The van der Waals surface area contributed by atoms with E-state index in [2.05, 4.69) is 15.1 Å². The van der Waals surface area contributed by atoms with E-state index >= 15 is 0 Å². The zero-order valence-corrected chi connectivity index (χ0v) is 22.7. The van der Waals surface area contributed by atoms with Crippen LogP contribution in [0.15, 0.2) is 91.0 Å². The average Bonchev–Trinajstić information content (AvgIpc) is 3.35. The molecule has 9 heteroatoms. The summed E-state index contributed by atoms with van der Waals surface area (Å²) < 4.78 is 10.9. The first-order valence-electron chi connectivity index (χ1n) is 13.8. The molecule has 6 rings (SSSR count). The van der Waals surface area contributed by atoms with Gasteiger partial charge in [0.15, 0.2) is 17.3 Å². The van der Waals surface area contributed by atoms with E-state index in [4.69, 9.17) is 9.47 Å². The quantitative estimate of drug-likeness (QED) is 0.341. The Labute approximate surface area is 238 Å². The van der Waals surface area contributed by atoms with E-state index < -0.39 is 0 Å². The molecule has 1 aromatic heterocycles. The highest BCUT2D eigenvalue weighted by atomic mass is 16.7. The Morgan fingerprint density at radius 2 is 1.56 bits per heavy atom. The molecule has 2 aliphatic heterocycles. The van der Waals surface area contributed by atoms with Gasteiger partial charge in [-0.1, -0.05) is 54.6 Å². The smallest absolute Gasteiger partial charge is 0.254 e. The summed E-state index contributed by atoms with van der Waals surface area (Å²) in [7, 11) is 0. The summed E-state index contributed by atoms with van der Waals surface area (Å²) in [6, 6.07) is 28.6. The van der Waals surface area contributed by atoms with Crippen LogP contribution in [0.5, 0.6) is 11.5 Å². The number of carbonyl (C=O) groups excluding carboxylic acids is 2. The van der Waals surface area contributed by atoms with Crippen LogP contribution in [0.4, 0.5) is 5.82 Å². The Hall–Kier alpha value is -4.92. The summed E-state index contributed by atoms with van der Waals surface area (Å²) in [4.78, 5) is 32.7. The van der Waals surface area contributed by atoms with Crippen LogP contribution in [-0.2, 0) is 11.3 Å². The lowest BCUT2D eigenvalue weighted by atomic mass is 10.1. The average molecular weight is 550 g/mol. The van der Waals surface area contributed by atoms with E-state index in [0.29, 0.717) is 36.7 Å². The fourth-order valence-corrected chi connectivity index (χ4v) is 5.14. The third-order valence-corrected chi connectivity index (χ3v) is 7.34. The van der Waals surface area contributed by atoms with Gasteiger partial charge in [0, 0.05) is 43.9 Å². The maximum absolute atomic E-state index is 13.6. The number of fused-ring (bicyclic) bond motifs is 1. The van der Waals surface area contributed by atoms with E-state index in [1.807, 2.05) is 83.8 Å². The van der Waals surface area contributed by atoms with E-state index in [1.165, 1.54) is 0 Å². The molecular weight excluding hydrogens is 518 g/mol. The third-order valence-electron chi connectivity index (χ3n) is 7.34. The van der Waals surface area contributed by atoms with Crippen LogP contribution in [0.25, 0.3) is 11.3 Å². The molecule has 0 saturated carbocycles. The van der Waals surface area contributed by atoms with Crippen molar-refractivity contribution >= 4 is 17.6 Å².